The topological polar surface area (TPSA) is 6.48 Å². The van der Waals surface area contributed by atoms with Crippen LogP contribution in [0.1, 0.15) is 103 Å². The van der Waals surface area contributed by atoms with E-state index in [9.17, 15) is 0 Å². The highest BCUT2D eigenvalue weighted by Gasteiger charge is 2.39. The van der Waals surface area contributed by atoms with E-state index in [-0.39, 0.29) is 25.0 Å². The molecule has 0 amide bonds. The fraction of sp³-hybridized carbons (Fsp3) is 0.247. The van der Waals surface area contributed by atoms with Crippen molar-refractivity contribution in [2.45, 2.75) is 136 Å². The summed E-state index contributed by atoms with van der Waals surface area (Å²) in [7, 11) is -4.75. The van der Waals surface area contributed by atoms with Gasteiger partial charge >= 0.3 is 0 Å². The van der Waals surface area contributed by atoms with Gasteiger partial charge in [-0.1, -0.05) is 292 Å². The molecule has 6 heteroatoms. The van der Waals surface area contributed by atoms with Crippen molar-refractivity contribution in [1.82, 2.24) is 0 Å². The Hall–Kier alpha value is -7.85. The van der Waals surface area contributed by atoms with Gasteiger partial charge in [0, 0.05) is 59.2 Å². The van der Waals surface area contributed by atoms with Gasteiger partial charge in [-0.2, -0.15) is 0 Å². The van der Waals surface area contributed by atoms with E-state index in [1.54, 1.807) is 0 Å². The molecule has 0 N–H and O–H groups in total. The molecular weight excluding hydrogens is 1160 g/mol. The van der Waals surface area contributed by atoms with Crippen LogP contribution in [0.15, 0.2) is 206 Å². The summed E-state index contributed by atoms with van der Waals surface area (Å²) < 4.78 is 0. The molecule has 0 fully saturated rings. The Bertz CT molecular complexity index is 4460. The SMILES string of the molecule is C[Si](C)Cc1ccc(N(c2ccc([Si](C)(C)C)cc2)c2ccc3c(c2)C(C)(C)c2cc(/C=C/c4ccc5c(c4)C(C)(C)c4cc(/C=C/c6ccc7c(c6)C(C)(C)c6cc(N(c8ccc([Si](C)(C)C)cc8)c8ccc([Si](C)(C)C)cc8)ccc6-7)ccc4-5)ccc2-3)cc1. The van der Waals surface area contributed by atoms with E-state index in [4.69, 9.17) is 0 Å². The van der Waals surface area contributed by atoms with Crippen molar-refractivity contribution in [2.24, 2.45) is 0 Å². The lowest BCUT2D eigenvalue weighted by Crippen LogP contribution is -2.37. The molecule has 3 aliphatic rings. The van der Waals surface area contributed by atoms with Gasteiger partial charge in [-0.05, 0) is 168 Å². The second-order valence-corrected chi connectivity index (χ2v) is 49.3. The van der Waals surface area contributed by atoms with Gasteiger partial charge in [-0.15, -0.1) is 0 Å². The number of fused-ring (bicyclic) bond motifs is 9. The highest BCUT2D eigenvalue weighted by atomic mass is 28.3. The van der Waals surface area contributed by atoms with Gasteiger partial charge in [-0.3, -0.25) is 0 Å². The van der Waals surface area contributed by atoms with E-state index < -0.39 is 24.2 Å². The van der Waals surface area contributed by atoms with Crippen LogP contribution in [0.2, 0.25) is 72.0 Å². The maximum atomic E-state index is 2.47. The zero-order valence-electron chi connectivity index (χ0n) is 57.0. The van der Waals surface area contributed by atoms with Crippen LogP contribution in [0.3, 0.4) is 0 Å². The molecule has 457 valence electrons. The minimum atomic E-state index is -1.46. The van der Waals surface area contributed by atoms with Crippen molar-refractivity contribution >= 4 is 107 Å². The van der Waals surface area contributed by atoms with Gasteiger partial charge in [0.2, 0.25) is 0 Å². The van der Waals surface area contributed by atoms with E-state index >= 15 is 0 Å². The van der Waals surface area contributed by atoms with Crippen LogP contribution in [0.25, 0.3) is 57.7 Å². The summed E-state index contributed by atoms with van der Waals surface area (Å²) in [6, 6.07) is 81.4. The van der Waals surface area contributed by atoms with E-state index in [1.165, 1.54) is 150 Å². The monoisotopic (exact) mass is 1250 g/mol. The summed E-state index contributed by atoms with van der Waals surface area (Å²) >= 11 is 0. The summed E-state index contributed by atoms with van der Waals surface area (Å²) in [4.78, 5) is 4.92. The van der Waals surface area contributed by atoms with Crippen LogP contribution < -0.4 is 25.4 Å². The van der Waals surface area contributed by atoms with Gasteiger partial charge < -0.3 is 9.80 Å². The molecule has 10 aromatic rings. The molecule has 0 heterocycles. The first kappa shape index (κ1) is 62.0. The Morgan fingerprint density at radius 2 is 0.505 bits per heavy atom. The maximum Gasteiger partial charge on any atom is 0.0775 e. The molecule has 0 aliphatic heterocycles. The van der Waals surface area contributed by atoms with Crippen molar-refractivity contribution in [3.8, 4) is 33.4 Å². The average molecular weight is 1250 g/mol. The Kier molecular flexibility index (Phi) is 15.5. The van der Waals surface area contributed by atoms with Gasteiger partial charge in [0.25, 0.3) is 0 Å². The number of benzene rings is 10. The lowest BCUT2D eigenvalue weighted by atomic mass is 9.81. The molecule has 0 aromatic heterocycles. The number of nitrogens with zero attached hydrogens (tertiary/aromatic N) is 2. The molecule has 0 saturated heterocycles. The highest BCUT2D eigenvalue weighted by molar-refractivity contribution is 6.89. The Morgan fingerprint density at radius 1 is 0.286 bits per heavy atom. The Morgan fingerprint density at radius 3 is 0.747 bits per heavy atom. The van der Waals surface area contributed by atoms with E-state index in [0.717, 1.165) is 0 Å². The van der Waals surface area contributed by atoms with Crippen molar-refractivity contribution in [3.63, 3.8) is 0 Å². The van der Waals surface area contributed by atoms with Crippen molar-refractivity contribution in [2.75, 3.05) is 9.80 Å². The molecule has 0 bridgehead atoms. The van der Waals surface area contributed by atoms with Crippen LogP contribution in [-0.4, -0.2) is 33.0 Å². The lowest BCUT2D eigenvalue weighted by Gasteiger charge is -2.29. The molecule has 2 nitrogen and oxygen atoms in total. The number of anilines is 6. The minimum absolute atomic E-state index is 0.154. The van der Waals surface area contributed by atoms with Crippen LogP contribution in [0.5, 0.6) is 0 Å². The smallest absolute Gasteiger partial charge is 0.0775 e. The molecule has 0 unspecified atom stereocenters. The first-order valence-electron chi connectivity index (χ1n) is 33.1. The third kappa shape index (κ3) is 11.5. The molecular formula is C85H91N2Si4. The fourth-order valence-electron chi connectivity index (χ4n) is 14.7. The van der Waals surface area contributed by atoms with Gasteiger partial charge in [-0.25, -0.2) is 0 Å². The molecule has 0 saturated carbocycles. The summed E-state index contributed by atoms with van der Waals surface area (Å²) in [5, 5.41) is 4.43. The summed E-state index contributed by atoms with van der Waals surface area (Å²) in [6.07, 6.45) is 9.25. The van der Waals surface area contributed by atoms with Gasteiger partial charge in [0.05, 0.1) is 24.2 Å². The van der Waals surface area contributed by atoms with Crippen LogP contribution >= 0.6 is 0 Å². The fourth-order valence-corrected chi connectivity index (χ4v) is 19.3. The largest absolute Gasteiger partial charge is 0.310 e. The van der Waals surface area contributed by atoms with Crippen molar-refractivity contribution < 1.29 is 0 Å². The molecule has 13 rings (SSSR count). The predicted octanol–water partition coefficient (Wildman–Crippen LogP) is 22.4. The van der Waals surface area contributed by atoms with E-state index in [2.05, 4.69) is 354 Å². The van der Waals surface area contributed by atoms with Gasteiger partial charge in [0.1, 0.15) is 0 Å². The number of hydrogen-bond donors (Lipinski definition) is 0. The van der Waals surface area contributed by atoms with Crippen LogP contribution in [0.4, 0.5) is 34.1 Å². The maximum absolute atomic E-state index is 2.47. The van der Waals surface area contributed by atoms with Crippen LogP contribution in [0, 0.1) is 0 Å². The molecule has 10 aromatic carbocycles. The van der Waals surface area contributed by atoms with Crippen molar-refractivity contribution in [1.29, 1.82) is 0 Å². The van der Waals surface area contributed by atoms with E-state index in [1.807, 2.05) is 0 Å². The number of hydrogen-bond acceptors (Lipinski definition) is 2. The predicted molar refractivity (Wildman–Crippen MR) is 409 cm³/mol. The lowest BCUT2D eigenvalue weighted by molar-refractivity contribution is 0.660. The second-order valence-electron chi connectivity index (χ2n) is 31.3. The Balaban J connectivity index is 0.725. The summed E-state index contributed by atoms with van der Waals surface area (Å²) in [6.45, 7) is 41.1. The third-order valence-electron chi connectivity index (χ3n) is 20.3. The molecule has 0 atom stereocenters. The zero-order valence-corrected chi connectivity index (χ0v) is 61.0. The summed E-state index contributed by atoms with van der Waals surface area (Å²) in [5.41, 5.74) is 29.2. The molecule has 1 radical (unpaired) electrons. The first-order valence-corrected chi connectivity index (χ1v) is 46.3. The van der Waals surface area contributed by atoms with Crippen LogP contribution in [-0.2, 0) is 22.3 Å². The molecule has 91 heavy (non-hydrogen) atoms. The first-order chi connectivity index (χ1) is 43.0. The standard InChI is InChI=1S/C85H91N2Si4/c1-83(2)77-50-57(18-20-59-26-46-73-75-48-36-66(54-81(75)84(3,4)79(73)52-59)86(62-28-22-61(23-29-62)56-88(7)8)63-30-38-68(39-31-63)89(9,10)11)24-44-71(77)72-45-25-58(51-78(72)83)19-21-60-27-47-74-76-49-37-67(55-82(76)85(5,6)80(74)53-60)87(64-32-40-69(41-33-64)90(12,13)14)65-34-42-70(43-35-65)91(15,16)17/h18-55H,56H2,1-17H3/b20-18+,21-19+. The average Bonchev–Trinajstić information content (AvgIpc) is 1.60. The highest BCUT2D eigenvalue weighted by Crippen LogP contribution is 2.54. The third-order valence-corrected chi connectivity index (χ3v) is 27.6. The number of rotatable bonds is 15. The second kappa shape index (κ2) is 22.8. The molecule has 0 spiro atoms. The van der Waals surface area contributed by atoms with E-state index in [0.29, 0.717) is 0 Å². The summed E-state index contributed by atoms with van der Waals surface area (Å²) in [5.74, 6) is 0. The zero-order chi connectivity index (χ0) is 64.3. The minimum Gasteiger partial charge on any atom is -0.310 e. The van der Waals surface area contributed by atoms with Crippen molar-refractivity contribution in [3.05, 3.63) is 267 Å². The normalized spacial score (nSPS) is 15.0. The molecule has 3 aliphatic carbocycles. The quantitative estimate of drug-likeness (QED) is 0.0746. The van der Waals surface area contributed by atoms with Gasteiger partial charge in [0.15, 0.2) is 0 Å². The Labute approximate surface area is 549 Å².